The predicted octanol–water partition coefficient (Wildman–Crippen LogP) is 2.89. The predicted molar refractivity (Wildman–Crippen MR) is 94.6 cm³/mol. The van der Waals surface area contributed by atoms with Crippen LogP contribution in [0.2, 0.25) is 0 Å². The molecular weight excluding hydrogens is 360 g/mol. The van der Waals surface area contributed by atoms with Gasteiger partial charge in [0.2, 0.25) is 11.6 Å². The van der Waals surface area contributed by atoms with Crippen LogP contribution in [0.1, 0.15) is 19.4 Å². The van der Waals surface area contributed by atoms with E-state index in [1.165, 1.54) is 18.5 Å². The van der Waals surface area contributed by atoms with Gasteiger partial charge in [0, 0.05) is 25.2 Å². The molecule has 0 aliphatic carbocycles. The molecule has 1 aromatic carbocycles. The number of benzene rings is 1. The Labute approximate surface area is 154 Å². The third kappa shape index (κ3) is 4.11. The van der Waals surface area contributed by atoms with Gasteiger partial charge in [0.15, 0.2) is 11.6 Å². The monoisotopic (exact) mass is 379 g/mol. The molecule has 2 heterocycles. The molecule has 2 atom stereocenters. The molecule has 2 aromatic rings. The molecule has 0 amide bonds. The summed E-state index contributed by atoms with van der Waals surface area (Å²) in [5.41, 5.74) is -0.270. The van der Waals surface area contributed by atoms with Crippen molar-refractivity contribution in [2.45, 2.75) is 32.6 Å². The lowest BCUT2D eigenvalue weighted by molar-refractivity contribution is -0.383. The first-order valence-corrected chi connectivity index (χ1v) is 8.43. The molecule has 1 aliphatic rings. The van der Waals surface area contributed by atoms with Gasteiger partial charge in [-0.05, 0) is 19.9 Å². The third-order valence-corrected chi connectivity index (χ3v) is 4.18. The molecule has 2 unspecified atom stereocenters. The molecule has 1 N–H and O–H groups in total. The van der Waals surface area contributed by atoms with E-state index >= 15 is 0 Å². The molecule has 1 aliphatic heterocycles. The van der Waals surface area contributed by atoms with Crippen LogP contribution < -0.4 is 10.2 Å². The van der Waals surface area contributed by atoms with Crippen LogP contribution in [-0.4, -0.2) is 40.2 Å². The van der Waals surface area contributed by atoms with Crippen molar-refractivity contribution in [2.24, 2.45) is 0 Å². The zero-order chi connectivity index (χ0) is 19.6. The molecule has 0 saturated carbocycles. The van der Waals surface area contributed by atoms with Gasteiger partial charge in [-0.2, -0.15) is 0 Å². The van der Waals surface area contributed by atoms with Crippen molar-refractivity contribution in [3.63, 3.8) is 0 Å². The van der Waals surface area contributed by atoms with Gasteiger partial charge in [0.1, 0.15) is 6.33 Å². The fourth-order valence-electron chi connectivity index (χ4n) is 3.11. The van der Waals surface area contributed by atoms with E-state index in [0.29, 0.717) is 13.1 Å². The van der Waals surface area contributed by atoms with Gasteiger partial charge >= 0.3 is 5.69 Å². The van der Waals surface area contributed by atoms with E-state index in [-0.39, 0.29) is 41.6 Å². The molecule has 8 nitrogen and oxygen atoms in total. The smallest absolute Gasteiger partial charge is 0.353 e. The van der Waals surface area contributed by atoms with E-state index in [2.05, 4.69) is 15.3 Å². The normalized spacial score (nSPS) is 19.8. The van der Waals surface area contributed by atoms with Gasteiger partial charge in [0.05, 0.1) is 17.1 Å². The number of hydrogen-bond acceptors (Lipinski definition) is 7. The number of morpholine rings is 1. The lowest BCUT2D eigenvalue weighted by Gasteiger charge is -2.35. The maximum atomic E-state index is 13.8. The van der Waals surface area contributed by atoms with Crippen molar-refractivity contribution in [2.75, 3.05) is 23.3 Å². The third-order valence-electron chi connectivity index (χ3n) is 4.18. The summed E-state index contributed by atoms with van der Waals surface area (Å²) in [5.74, 6) is -1.87. The zero-order valence-corrected chi connectivity index (χ0v) is 14.9. The van der Waals surface area contributed by atoms with Gasteiger partial charge in [0.25, 0.3) is 0 Å². The molecule has 144 valence electrons. The van der Waals surface area contributed by atoms with Crippen LogP contribution in [0.25, 0.3) is 0 Å². The Bertz CT molecular complexity index is 841. The Kier molecular flexibility index (Phi) is 5.45. The first-order chi connectivity index (χ1) is 12.9. The highest BCUT2D eigenvalue weighted by molar-refractivity contribution is 5.70. The van der Waals surface area contributed by atoms with Gasteiger partial charge in [-0.15, -0.1) is 0 Å². The number of ether oxygens (including phenoxy) is 1. The SMILES string of the molecule is CC1CN(c2ncnc(NCc3cccc(F)c3F)c2[N+](=O)[O-])CC(C)O1. The van der Waals surface area contributed by atoms with Crippen LogP contribution in [0.4, 0.5) is 26.1 Å². The minimum absolute atomic E-state index is 0.0399. The topological polar surface area (TPSA) is 93.4 Å². The Morgan fingerprint density at radius 2 is 2.00 bits per heavy atom. The van der Waals surface area contributed by atoms with Gasteiger partial charge in [-0.25, -0.2) is 18.7 Å². The molecule has 27 heavy (non-hydrogen) atoms. The largest absolute Gasteiger partial charge is 0.372 e. The van der Waals surface area contributed by atoms with Crippen molar-refractivity contribution < 1.29 is 18.4 Å². The summed E-state index contributed by atoms with van der Waals surface area (Å²) in [5, 5.41) is 14.4. The second-order valence-electron chi connectivity index (χ2n) is 6.38. The van der Waals surface area contributed by atoms with Crippen LogP contribution in [-0.2, 0) is 11.3 Å². The highest BCUT2D eigenvalue weighted by Gasteiger charge is 2.31. The zero-order valence-electron chi connectivity index (χ0n) is 14.9. The van der Waals surface area contributed by atoms with Crippen LogP contribution in [0.15, 0.2) is 24.5 Å². The number of rotatable bonds is 5. The van der Waals surface area contributed by atoms with Crippen molar-refractivity contribution >= 4 is 17.3 Å². The first-order valence-electron chi connectivity index (χ1n) is 8.43. The Morgan fingerprint density at radius 1 is 1.30 bits per heavy atom. The molecule has 0 spiro atoms. The van der Waals surface area contributed by atoms with Crippen LogP contribution in [0, 0.1) is 21.7 Å². The second kappa shape index (κ2) is 7.78. The van der Waals surface area contributed by atoms with Gasteiger partial charge in [-0.3, -0.25) is 10.1 Å². The van der Waals surface area contributed by atoms with E-state index in [1.807, 2.05) is 13.8 Å². The summed E-state index contributed by atoms with van der Waals surface area (Å²) >= 11 is 0. The Balaban J connectivity index is 1.89. The van der Waals surface area contributed by atoms with E-state index in [9.17, 15) is 18.9 Å². The van der Waals surface area contributed by atoms with Crippen LogP contribution >= 0.6 is 0 Å². The summed E-state index contributed by atoms with van der Waals surface area (Å²) in [6, 6.07) is 3.77. The molecule has 1 saturated heterocycles. The molecule has 0 bridgehead atoms. The summed E-state index contributed by atoms with van der Waals surface area (Å²) in [4.78, 5) is 20.9. The number of nitrogens with one attached hydrogen (secondary N) is 1. The van der Waals surface area contributed by atoms with Crippen molar-refractivity contribution in [3.8, 4) is 0 Å². The lowest BCUT2D eigenvalue weighted by atomic mass is 10.2. The number of aromatic nitrogens is 2. The number of nitro groups is 1. The van der Waals surface area contributed by atoms with Crippen molar-refractivity contribution in [3.05, 3.63) is 51.8 Å². The summed E-state index contributed by atoms with van der Waals surface area (Å²) in [7, 11) is 0. The first kappa shape index (κ1) is 18.9. The van der Waals surface area contributed by atoms with Crippen LogP contribution in [0.5, 0.6) is 0 Å². The minimum atomic E-state index is -1.00. The molecule has 1 aromatic heterocycles. The number of anilines is 2. The standard InChI is InChI=1S/C17H19F2N5O3/c1-10-7-23(8-11(2)27-10)17-15(24(25)26)16(21-9-22-17)20-6-12-4-3-5-13(18)14(12)19/h3-5,9-11H,6-8H2,1-2H3,(H,20,21,22). The lowest BCUT2D eigenvalue weighted by Crippen LogP contribution is -2.46. The highest BCUT2D eigenvalue weighted by Crippen LogP contribution is 2.33. The summed E-state index contributed by atoms with van der Waals surface area (Å²) in [6.45, 7) is 4.49. The molecule has 3 rings (SSSR count). The van der Waals surface area contributed by atoms with Gasteiger partial charge < -0.3 is 15.0 Å². The summed E-state index contributed by atoms with van der Waals surface area (Å²) in [6.07, 6.45) is 0.986. The van der Waals surface area contributed by atoms with Crippen LogP contribution in [0.3, 0.4) is 0 Å². The van der Waals surface area contributed by atoms with E-state index < -0.39 is 16.6 Å². The Morgan fingerprint density at radius 3 is 2.67 bits per heavy atom. The molecule has 10 heteroatoms. The fourth-order valence-corrected chi connectivity index (χ4v) is 3.11. The maximum absolute atomic E-state index is 13.8. The number of nitrogens with zero attached hydrogens (tertiary/aromatic N) is 4. The Hall–Kier alpha value is -2.88. The van der Waals surface area contributed by atoms with E-state index in [1.54, 1.807) is 4.90 Å². The van der Waals surface area contributed by atoms with E-state index in [0.717, 1.165) is 6.07 Å². The average Bonchev–Trinajstić information content (AvgIpc) is 2.61. The maximum Gasteiger partial charge on any atom is 0.353 e. The number of halogens is 2. The molecule has 0 radical (unpaired) electrons. The van der Waals surface area contributed by atoms with E-state index in [4.69, 9.17) is 4.74 Å². The number of hydrogen-bond donors (Lipinski definition) is 1. The summed E-state index contributed by atoms with van der Waals surface area (Å²) < 4.78 is 32.8. The average molecular weight is 379 g/mol. The minimum Gasteiger partial charge on any atom is -0.372 e. The van der Waals surface area contributed by atoms with Crippen molar-refractivity contribution in [1.29, 1.82) is 0 Å². The fraction of sp³-hybridized carbons (Fsp3) is 0.412. The van der Waals surface area contributed by atoms with Crippen molar-refractivity contribution in [1.82, 2.24) is 9.97 Å². The molecule has 1 fully saturated rings. The highest BCUT2D eigenvalue weighted by atomic mass is 19.2. The molecular formula is C17H19F2N5O3. The quantitative estimate of drug-likeness (QED) is 0.631. The second-order valence-corrected chi connectivity index (χ2v) is 6.38. The van der Waals surface area contributed by atoms with Gasteiger partial charge in [-0.1, -0.05) is 12.1 Å².